The predicted octanol–water partition coefficient (Wildman–Crippen LogP) is 2.39. The molecule has 0 bridgehead atoms. The number of para-hydroxylation sites is 1. The van der Waals surface area contributed by atoms with Crippen molar-refractivity contribution in [3.05, 3.63) is 59.7 Å². The van der Waals surface area contributed by atoms with Gasteiger partial charge in [-0.3, -0.25) is 9.59 Å². The van der Waals surface area contributed by atoms with Crippen molar-refractivity contribution in [1.29, 1.82) is 0 Å². The summed E-state index contributed by atoms with van der Waals surface area (Å²) in [7, 11) is -4.12. The second kappa shape index (κ2) is 8.95. The molecule has 0 aliphatic carbocycles. The van der Waals surface area contributed by atoms with E-state index in [1.807, 2.05) is 24.3 Å². The summed E-state index contributed by atoms with van der Waals surface area (Å²) in [5.41, 5.74) is 1.84. The molecule has 0 aromatic heterocycles. The normalized spacial score (nSPS) is 19.4. The summed E-state index contributed by atoms with van der Waals surface area (Å²) in [5, 5.41) is 2.87. The number of nitrogens with zero attached hydrogens (tertiary/aromatic N) is 2. The molecule has 32 heavy (non-hydrogen) atoms. The molecule has 2 heterocycles. The van der Waals surface area contributed by atoms with Crippen LogP contribution in [0, 0.1) is 17.6 Å². The van der Waals surface area contributed by atoms with Crippen LogP contribution in [0.2, 0.25) is 0 Å². The molecule has 2 aliphatic rings. The number of benzene rings is 2. The van der Waals surface area contributed by atoms with Gasteiger partial charge in [-0.05, 0) is 36.6 Å². The van der Waals surface area contributed by atoms with E-state index in [2.05, 4.69) is 5.32 Å². The van der Waals surface area contributed by atoms with Gasteiger partial charge in [-0.25, -0.2) is 17.2 Å². The zero-order valence-electron chi connectivity index (χ0n) is 17.3. The van der Waals surface area contributed by atoms with E-state index < -0.39 is 26.6 Å². The number of amides is 2. The molecular formula is C22H23F2N3O4S. The Morgan fingerprint density at radius 3 is 2.50 bits per heavy atom. The number of nitrogens with one attached hydrogen (secondary N) is 1. The first kappa shape index (κ1) is 22.3. The van der Waals surface area contributed by atoms with Crippen LogP contribution in [-0.2, 0) is 26.0 Å². The molecule has 0 radical (unpaired) electrons. The van der Waals surface area contributed by atoms with Crippen molar-refractivity contribution < 1.29 is 26.8 Å². The predicted molar refractivity (Wildman–Crippen MR) is 113 cm³/mol. The lowest BCUT2D eigenvalue weighted by atomic mass is 9.89. The van der Waals surface area contributed by atoms with Gasteiger partial charge >= 0.3 is 0 Å². The topological polar surface area (TPSA) is 86.8 Å². The van der Waals surface area contributed by atoms with Crippen LogP contribution in [0.1, 0.15) is 18.4 Å². The minimum absolute atomic E-state index is 0.0161. The summed E-state index contributed by atoms with van der Waals surface area (Å²) >= 11 is 0. The summed E-state index contributed by atoms with van der Waals surface area (Å²) in [6.07, 6.45) is 1.16. The molecular weight excluding hydrogens is 440 g/mol. The molecule has 1 atom stereocenters. The number of piperazine rings is 1. The van der Waals surface area contributed by atoms with Gasteiger partial charge < -0.3 is 10.2 Å². The maximum atomic E-state index is 14.0. The quantitative estimate of drug-likeness (QED) is 0.738. The van der Waals surface area contributed by atoms with Crippen molar-refractivity contribution in [3.8, 4) is 0 Å². The fraction of sp³-hybridized carbons (Fsp3) is 0.364. The van der Waals surface area contributed by atoms with Gasteiger partial charge in [-0.1, -0.05) is 18.2 Å². The molecule has 10 heteroatoms. The fourth-order valence-electron chi connectivity index (χ4n) is 4.10. The Labute approximate surface area is 185 Å². The maximum Gasteiger partial charge on any atom is 0.246 e. The van der Waals surface area contributed by atoms with E-state index >= 15 is 0 Å². The number of fused-ring (bicyclic) bond motifs is 1. The molecule has 2 aromatic carbocycles. The maximum absolute atomic E-state index is 14.0. The van der Waals surface area contributed by atoms with E-state index in [0.717, 1.165) is 27.7 Å². The Hall–Kier alpha value is -2.85. The molecule has 0 saturated carbocycles. The van der Waals surface area contributed by atoms with Crippen LogP contribution in [0.4, 0.5) is 14.5 Å². The van der Waals surface area contributed by atoms with Gasteiger partial charge in [0, 0.05) is 50.3 Å². The molecule has 4 rings (SSSR count). The lowest BCUT2D eigenvalue weighted by Gasteiger charge is -2.34. The van der Waals surface area contributed by atoms with E-state index in [9.17, 15) is 26.8 Å². The van der Waals surface area contributed by atoms with E-state index in [0.29, 0.717) is 18.9 Å². The van der Waals surface area contributed by atoms with Crippen molar-refractivity contribution in [1.82, 2.24) is 9.21 Å². The smallest absolute Gasteiger partial charge is 0.246 e. The molecule has 7 nitrogen and oxygen atoms in total. The molecule has 2 amide bonds. The summed E-state index contributed by atoms with van der Waals surface area (Å²) in [5.74, 6) is -2.55. The fourth-order valence-corrected chi connectivity index (χ4v) is 5.57. The molecule has 2 aromatic rings. The SMILES string of the molecule is O=C1Nc2ccccc2C[C@@H]1CCC(=O)N1CCN(S(=O)(=O)c2ccc(F)cc2F)CC1. The van der Waals surface area contributed by atoms with Gasteiger partial charge in [0.1, 0.15) is 16.5 Å². The van der Waals surface area contributed by atoms with Crippen LogP contribution >= 0.6 is 0 Å². The second-order valence-electron chi connectivity index (χ2n) is 7.95. The van der Waals surface area contributed by atoms with Crippen LogP contribution in [0.3, 0.4) is 0 Å². The number of hydrogen-bond donors (Lipinski definition) is 1. The van der Waals surface area contributed by atoms with Crippen molar-refractivity contribution in [2.45, 2.75) is 24.2 Å². The zero-order chi connectivity index (χ0) is 22.9. The van der Waals surface area contributed by atoms with Crippen molar-refractivity contribution in [3.63, 3.8) is 0 Å². The molecule has 0 unspecified atom stereocenters. The van der Waals surface area contributed by atoms with Crippen LogP contribution in [-0.4, -0.2) is 55.6 Å². The van der Waals surface area contributed by atoms with E-state index in [4.69, 9.17) is 0 Å². The summed E-state index contributed by atoms with van der Waals surface area (Å²) < 4.78 is 53.5. The molecule has 0 spiro atoms. The number of sulfonamides is 1. The van der Waals surface area contributed by atoms with Gasteiger partial charge in [0.05, 0.1) is 0 Å². The minimum Gasteiger partial charge on any atom is -0.340 e. The average Bonchev–Trinajstić information content (AvgIpc) is 2.77. The Morgan fingerprint density at radius 1 is 1.06 bits per heavy atom. The Morgan fingerprint density at radius 2 is 1.78 bits per heavy atom. The Bertz CT molecular complexity index is 1150. The first-order chi connectivity index (χ1) is 15.3. The highest BCUT2D eigenvalue weighted by molar-refractivity contribution is 7.89. The number of carbonyl (C=O) groups excluding carboxylic acids is 2. The van der Waals surface area contributed by atoms with Gasteiger partial charge in [0.15, 0.2) is 0 Å². The second-order valence-corrected chi connectivity index (χ2v) is 9.85. The molecule has 1 saturated heterocycles. The average molecular weight is 464 g/mol. The highest BCUT2D eigenvalue weighted by Gasteiger charge is 2.33. The monoisotopic (exact) mass is 463 g/mol. The molecule has 1 N–H and O–H groups in total. The number of carbonyl (C=O) groups is 2. The summed E-state index contributed by atoms with van der Waals surface area (Å²) in [6.45, 7) is 0.367. The van der Waals surface area contributed by atoms with Gasteiger partial charge in [-0.15, -0.1) is 0 Å². The van der Waals surface area contributed by atoms with E-state index in [-0.39, 0.29) is 50.3 Å². The van der Waals surface area contributed by atoms with Crippen molar-refractivity contribution in [2.75, 3.05) is 31.5 Å². The molecule has 1 fully saturated rings. The summed E-state index contributed by atoms with van der Waals surface area (Å²) in [6, 6.07) is 9.90. The van der Waals surface area contributed by atoms with Gasteiger partial charge in [-0.2, -0.15) is 4.31 Å². The number of rotatable bonds is 5. The van der Waals surface area contributed by atoms with Crippen LogP contribution < -0.4 is 5.32 Å². The first-order valence-corrected chi connectivity index (χ1v) is 11.8. The number of anilines is 1. The number of halogens is 2. The van der Waals surface area contributed by atoms with Crippen molar-refractivity contribution >= 4 is 27.5 Å². The van der Waals surface area contributed by atoms with Crippen molar-refractivity contribution in [2.24, 2.45) is 5.92 Å². The highest BCUT2D eigenvalue weighted by atomic mass is 32.2. The van der Waals surface area contributed by atoms with Crippen LogP contribution in [0.5, 0.6) is 0 Å². The third kappa shape index (κ3) is 4.51. The lowest BCUT2D eigenvalue weighted by molar-refractivity contribution is -0.132. The zero-order valence-corrected chi connectivity index (χ0v) is 18.1. The van der Waals surface area contributed by atoms with E-state index in [1.54, 1.807) is 4.90 Å². The minimum atomic E-state index is -4.12. The van der Waals surface area contributed by atoms with Crippen LogP contribution in [0.15, 0.2) is 47.4 Å². The largest absolute Gasteiger partial charge is 0.340 e. The molecule has 2 aliphatic heterocycles. The Balaban J connectivity index is 1.31. The third-order valence-electron chi connectivity index (χ3n) is 5.92. The third-order valence-corrected chi connectivity index (χ3v) is 7.85. The van der Waals surface area contributed by atoms with Crippen LogP contribution in [0.25, 0.3) is 0 Å². The summed E-state index contributed by atoms with van der Waals surface area (Å²) in [4.78, 5) is 25.9. The molecule has 170 valence electrons. The van der Waals surface area contributed by atoms with E-state index in [1.165, 1.54) is 0 Å². The van der Waals surface area contributed by atoms with Gasteiger partial charge in [0.2, 0.25) is 21.8 Å². The lowest BCUT2D eigenvalue weighted by Crippen LogP contribution is -2.50. The standard InChI is InChI=1S/C22H23F2N3O4S/c23-17-6-7-20(18(24)14-17)32(30,31)27-11-9-26(10-12-27)21(28)8-5-16-13-15-3-1-2-4-19(15)25-22(16)29/h1-4,6-7,14,16H,5,8-13H2,(H,25,29)/t16-/m0/s1. The number of hydrogen-bond acceptors (Lipinski definition) is 4. The first-order valence-electron chi connectivity index (χ1n) is 10.4. The Kier molecular flexibility index (Phi) is 6.25. The highest BCUT2D eigenvalue weighted by Crippen LogP contribution is 2.28. The van der Waals surface area contributed by atoms with Gasteiger partial charge in [0.25, 0.3) is 0 Å².